The molecule has 0 aliphatic carbocycles. The molecule has 5 nitrogen and oxygen atoms in total. The zero-order valence-corrected chi connectivity index (χ0v) is 14.8. The van der Waals surface area contributed by atoms with Crippen molar-refractivity contribution in [3.63, 3.8) is 0 Å². The number of hydrogen-bond donors (Lipinski definition) is 1. The van der Waals surface area contributed by atoms with Crippen molar-refractivity contribution in [3.05, 3.63) is 53.1 Å². The van der Waals surface area contributed by atoms with Crippen molar-refractivity contribution >= 4 is 5.91 Å². The lowest BCUT2D eigenvalue weighted by Gasteiger charge is -2.19. The fourth-order valence-corrected chi connectivity index (χ4v) is 2.68. The Balaban J connectivity index is 1.61. The van der Waals surface area contributed by atoms with Gasteiger partial charge in [0.1, 0.15) is 5.75 Å². The van der Waals surface area contributed by atoms with Crippen LogP contribution in [0.3, 0.4) is 0 Å². The summed E-state index contributed by atoms with van der Waals surface area (Å²) in [4.78, 5) is 12.5. The maximum Gasteiger partial charge on any atom is 0.261 e. The van der Waals surface area contributed by atoms with Crippen LogP contribution in [-0.2, 0) is 11.3 Å². The van der Waals surface area contributed by atoms with Gasteiger partial charge in [0.15, 0.2) is 17.6 Å². The fraction of sp³-hybridized carbons (Fsp3) is 0.350. The SMILES string of the molecule is CC[C@H](Oc1cccc(C)c1C)C(=O)NCc1ccc2c(c1)OCO2. The molecule has 1 atom stereocenters. The Hall–Kier alpha value is -2.69. The van der Waals surface area contributed by atoms with Crippen molar-refractivity contribution in [2.24, 2.45) is 0 Å². The smallest absolute Gasteiger partial charge is 0.261 e. The standard InChI is InChI=1S/C20H23NO4/c1-4-16(25-17-7-5-6-13(2)14(17)3)20(22)21-11-15-8-9-18-19(10-15)24-12-23-18/h5-10,16H,4,11-12H2,1-3H3,(H,21,22)/t16-/m0/s1. The van der Waals surface area contributed by atoms with Crippen molar-refractivity contribution in [2.75, 3.05) is 6.79 Å². The van der Waals surface area contributed by atoms with Gasteiger partial charge in [-0.2, -0.15) is 0 Å². The lowest BCUT2D eigenvalue weighted by atomic mass is 10.1. The van der Waals surface area contributed by atoms with Gasteiger partial charge in [-0.15, -0.1) is 0 Å². The van der Waals surface area contributed by atoms with E-state index in [-0.39, 0.29) is 12.7 Å². The molecule has 0 bridgehead atoms. The highest BCUT2D eigenvalue weighted by molar-refractivity contribution is 5.81. The molecule has 0 fully saturated rings. The van der Waals surface area contributed by atoms with Crippen molar-refractivity contribution in [2.45, 2.75) is 39.8 Å². The molecule has 2 aromatic carbocycles. The van der Waals surface area contributed by atoms with E-state index in [4.69, 9.17) is 14.2 Å². The van der Waals surface area contributed by atoms with E-state index < -0.39 is 6.10 Å². The number of carbonyl (C=O) groups is 1. The van der Waals surface area contributed by atoms with Gasteiger partial charge >= 0.3 is 0 Å². The van der Waals surface area contributed by atoms with Gasteiger partial charge in [-0.05, 0) is 55.2 Å². The van der Waals surface area contributed by atoms with Crippen LogP contribution in [0, 0.1) is 13.8 Å². The predicted molar refractivity (Wildman–Crippen MR) is 95.0 cm³/mol. The third kappa shape index (κ3) is 3.87. The van der Waals surface area contributed by atoms with Crippen LogP contribution in [0.15, 0.2) is 36.4 Å². The minimum Gasteiger partial charge on any atom is -0.480 e. The minimum atomic E-state index is -0.519. The van der Waals surface area contributed by atoms with Gasteiger partial charge in [-0.1, -0.05) is 25.1 Å². The molecule has 0 radical (unpaired) electrons. The molecule has 1 N–H and O–H groups in total. The van der Waals surface area contributed by atoms with Gasteiger partial charge < -0.3 is 19.5 Å². The highest BCUT2D eigenvalue weighted by atomic mass is 16.7. The van der Waals surface area contributed by atoms with E-state index in [0.717, 1.165) is 28.2 Å². The third-order valence-corrected chi connectivity index (χ3v) is 4.39. The molecule has 1 heterocycles. The summed E-state index contributed by atoms with van der Waals surface area (Å²) in [6, 6.07) is 11.5. The molecule has 0 spiro atoms. The first kappa shape index (κ1) is 17.1. The molecule has 25 heavy (non-hydrogen) atoms. The summed E-state index contributed by atoms with van der Waals surface area (Å²) in [5.74, 6) is 2.08. The van der Waals surface area contributed by atoms with Crippen LogP contribution in [0.5, 0.6) is 17.2 Å². The summed E-state index contributed by atoms with van der Waals surface area (Å²) in [6.07, 6.45) is 0.0786. The number of benzene rings is 2. The maximum absolute atomic E-state index is 12.5. The van der Waals surface area contributed by atoms with Crippen LogP contribution in [0.2, 0.25) is 0 Å². The van der Waals surface area contributed by atoms with E-state index in [2.05, 4.69) is 5.32 Å². The van der Waals surface area contributed by atoms with Gasteiger partial charge in [-0.25, -0.2) is 0 Å². The normalized spacial score (nSPS) is 13.4. The number of nitrogens with one attached hydrogen (secondary N) is 1. The number of carbonyl (C=O) groups excluding carboxylic acids is 1. The molecule has 0 unspecified atom stereocenters. The Bertz CT molecular complexity index is 772. The van der Waals surface area contributed by atoms with Crippen molar-refractivity contribution < 1.29 is 19.0 Å². The summed E-state index contributed by atoms with van der Waals surface area (Å²) in [5.41, 5.74) is 3.16. The summed E-state index contributed by atoms with van der Waals surface area (Å²) in [7, 11) is 0. The Morgan fingerprint density at radius 1 is 1.20 bits per heavy atom. The second-order valence-corrected chi connectivity index (χ2v) is 6.12. The Labute approximate surface area is 147 Å². The van der Waals surface area contributed by atoms with E-state index in [9.17, 15) is 4.79 Å². The van der Waals surface area contributed by atoms with Crippen LogP contribution < -0.4 is 19.5 Å². The average molecular weight is 341 g/mol. The summed E-state index contributed by atoms with van der Waals surface area (Å²) in [6.45, 7) is 6.63. The van der Waals surface area contributed by atoms with Crippen LogP contribution in [0.25, 0.3) is 0 Å². The zero-order chi connectivity index (χ0) is 17.8. The van der Waals surface area contributed by atoms with Gasteiger partial charge in [0.25, 0.3) is 5.91 Å². The Morgan fingerprint density at radius 3 is 2.80 bits per heavy atom. The minimum absolute atomic E-state index is 0.124. The summed E-state index contributed by atoms with van der Waals surface area (Å²) < 4.78 is 16.6. The topological polar surface area (TPSA) is 56.8 Å². The Morgan fingerprint density at radius 2 is 2.00 bits per heavy atom. The number of aryl methyl sites for hydroxylation is 1. The molecular weight excluding hydrogens is 318 g/mol. The van der Waals surface area contributed by atoms with E-state index in [0.29, 0.717) is 18.7 Å². The number of hydrogen-bond acceptors (Lipinski definition) is 4. The first-order valence-electron chi connectivity index (χ1n) is 8.47. The van der Waals surface area contributed by atoms with Gasteiger partial charge in [0.05, 0.1) is 0 Å². The summed E-state index contributed by atoms with van der Waals surface area (Å²) in [5, 5.41) is 2.94. The predicted octanol–water partition coefficient (Wildman–Crippen LogP) is 3.51. The Kier molecular flexibility index (Phi) is 5.12. The van der Waals surface area contributed by atoms with Gasteiger partial charge in [0.2, 0.25) is 6.79 Å². The van der Waals surface area contributed by atoms with Gasteiger partial charge in [0, 0.05) is 6.54 Å². The largest absolute Gasteiger partial charge is 0.480 e. The fourth-order valence-electron chi connectivity index (χ4n) is 2.68. The number of ether oxygens (including phenoxy) is 3. The van der Waals surface area contributed by atoms with Crippen LogP contribution >= 0.6 is 0 Å². The molecule has 2 aromatic rings. The first-order valence-corrected chi connectivity index (χ1v) is 8.47. The first-order chi connectivity index (χ1) is 12.1. The van der Waals surface area contributed by atoms with Crippen LogP contribution in [-0.4, -0.2) is 18.8 Å². The molecule has 0 saturated heterocycles. The molecule has 1 aliphatic rings. The van der Waals surface area contributed by atoms with Crippen LogP contribution in [0.4, 0.5) is 0 Å². The molecule has 0 saturated carbocycles. The van der Waals surface area contributed by atoms with Gasteiger partial charge in [-0.3, -0.25) is 4.79 Å². The second-order valence-electron chi connectivity index (χ2n) is 6.12. The molecule has 1 amide bonds. The second kappa shape index (κ2) is 7.47. The summed E-state index contributed by atoms with van der Waals surface area (Å²) >= 11 is 0. The lowest BCUT2D eigenvalue weighted by Crippen LogP contribution is -2.37. The zero-order valence-electron chi connectivity index (χ0n) is 14.8. The molecule has 132 valence electrons. The molecule has 0 aromatic heterocycles. The highest BCUT2D eigenvalue weighted by Crippen LogP contribution is 2.32. The molecule has 5 heteroatoms. The van der Waals surface area contributed by atoms with Crippen molar-refractivity contribution in [1.82, 2.24) is 5.32 Å². The van der Waals surface area contributed by atoms with E-state index in [1.54, 1.807) is 0 Å². The monoisotopic (exact) mass is 341 g/mol. The molecule has 3 rings (SSSR count). The van der Waals surface area contributed by atoms with E-state index in [1.165, 1.54) is 0 Å². The quantitative estimate of drug-likeness (QED) is 0.874. The van der Waals surface area contributed by atoms with Crippen LogP contribution in [0.1, 0.15) is 30.0 Å². The maximum atomic E-state index is 12.5. The number of rotatable bonds is 6. The highest BCUT2D eigenvalue weighted by Gasteiger charge is 2.20. The number of fused-ring (bicyclic) bond motifs is 1. The van der Waals surface area contributed by atoms with E-state index >= 15 is 0 Å². The lowest BCUT2D eigenvalue weighted by molar-refractivity contribution is -0.128. The van der Waals surface area contributed by atoms with Crippen molar-refractivity contribution in [1.29, 1.82) is 0 Å². The van der Waals surface area contributed by atoms with Crippen molar-refractivity contribution in [3.8, 4) is 17.2 Å². The molecule has 1 aliphatic heterocycles. The van der Waals surface area contributed by atoms with E-state index in [1.807, 2.05) is 57.2 Å². The average Bonchev–Trinajstić information content (AvgIpc) is 3.08. The third-order valence-electron chi connectivity index (χ3n) is 4.39. The number of amides is 1. The molecular formula is C20H23NO4.